The molecule has 0 bridgehead atoms. The summed E-state index contributed by atoms with van der Waals surface area (Å²) >= 11 is 1.89. The fraction of sp³-hybridized carbons (Fsp3) is 0.429. The Balaban J connectivity index is 1.32. The average molecular weight is 483 g/mol. The molecule has 0 N–H and O–H groups in total. The fourth-order valence-corrected chi connectivity index (χ4v) is 5.04. The highest BCUT2D eigenvalue weighted by atomic mass is 32.2. The average Bonchev–Trinajstić information content (AvgIpc) is 2.89. The summed E-state index contributed by atoms with van der Waals surface area (Å²) in [6.07, 6.45) is 4.06. The SMILES string of the molecule is COCOc1cccc2c(CCSCC(COc3ccccc3)OC3CCCCO3)cccc12. The Morgan fingerprint density at radius 3 is 2.62 bits per heavy atom. The smallest absolute Gasteiger partial charge is 0.188 e. The molecular formula is C28H34O5S. The summed E-state index contributed by atoms with van der Waals surface area (Å²) in [4.78, 5) is 0. The molecule has 0 aliphatic carbocycles. The van der Waals surface area contributed by atoms with Crippen LogP contribution < -0.4 is 9.47 Å². The zero-order valence-electron chi connectivity index (χ0n) is 19.8. The highest BCUT2D eigenvalue weighted by Gasteiger charge is 2.20. The van der Waals surface area contributed by atoms with Crippen LogP contribution in [-0.4, -0.2) is 51.0 Å². The number of ether oxygens (including phenoxy) is 5. The van der Waals surface area contributed by atoms with E-state index in [9.17, 15) is 0 Å². The molecule has 0 saturated carbocycles. The molecule has 182 valence electrons. The van der Waals surface area contributed by atoms with E-state index in [-0.39, 0.29) is 19.2 Å². The molecule has 4 rings (SSSR count). The first kappa shape index (κ1) is 24.9. The standard InChI is InChI=1S/C28H34O5S/c1-29-21-32-27-14-8-12-25-22(9-7-13-26(25)27)16-18-34-20-24(33-28-15-5-6-17-30-28)19-31-23-10-3-2-4-11-23/h2-4,7-14,24,28H,5-6,15-21H2,1H3. The number of fused-ring (bicyclic) bond motifs is 1. The topological polar surface area (TPSA) is 46.2 Å². The molecule has 2 atom stereocenters. The van der Waals surface area contributed by atoms with Gasteiger partial charge in [-0.3, -0.25) is 0 Å². The molecule has 1 fully saturated rings. The van der Waals surface area contributed by atoms with Gasteiger partial charge >= 0.3 is 0 Å². The Hall–Kier alpha value is -2.25. The van der Waals surface area contributed by atoms with Crippen molar-refractivity contribution in [1.82, 2.24) is 0 Å². The molecule has 1 heterocycles. The molecule has 0 spiro atoms. The van der Waals surface area contributed by atoms with Crippen LogP contribution in [0.15, 0.2) is 66.7 Å². The van der Waals surface area contributed by atoms with Gasteiger partial charge in [-0.1, -0.05) is 48.5 Å². The lowest BCUT2D eigenvalue weighted by atomic mass is 10.0. The maximum absolute atomic E-state index is 6.29. The second-order valence-corrected chi connectivity index (χ2v) is 9.47. The largest absolute Gasteiger partial charge is 0.491 e. The fourth-order valence-electron chi connectivity index (χ4n) is 4.08. The summed E-state index contributed by atoms with van der Waals surface area (Å²) in [7, 11) is 1.63. The molecule has 34 heavy (non-hydrogen) atoms. The normalized spacial score (nSPS) is 16.9. The second-order valence-electron chi connectivity index (χ2n) is 8.32. The predicted octanol–water partition coefficient (Wildman–Crippen LogP) is 6.09. The maximum atomic E-state index is 6.29. The third-order valence-electron chi connectivity index (χ3n) is 5.79. The van der Waals surface area contributed by atoms with E-state index in [2.05, 4.69) is 24.3 Å². The summed E-state index contributed by atoms with van der Waals surface area (Å²) in [5.41, 5.74) is 1.32. The van der Waals surface area contributed by atoms with Gasteiger partial charge < -0.3 is 23.7 Å². The molecule has 0 aromatic heterocycles. The van der Waals surface area contributed by atoms with Gasteiger partial charge in [0.25, 0.3) is 0 Å². The molecule has 0 amide bonds. The minimum Gasteiger partial charge on any atom is -0.491 e. The Morgan fingerprint density at radius 2 is 1.79 bits per heavy atom. The number of thioether (sulfide) groups is 1. The van der Waals surface area contributed by atoms with Crippen LogP contribution in [0.5, 0.6) is 11.5 Å². The van der Waals surface area contributed by atoms with Crippen LogP contribution in [0.25, 0.3) is 10.8 Å². The summed E-state index contributed by atoms with van der Waals surface area (Å²) in [5, 5.41) is 2.35. The Morgan fingerprint density at radius 1 is 0.941 bits per heavy atom. The van der Waals surface area contributed by atoms with Crippen LogP contribution >= 0.6 is 11.8 Å². The van der Waals surface area contributed by atoms with Gasteiger partial charge in [-0.25, -0.2) is 0 Å². The van der Waals surface area contributed by atoms with Crippen molar-refractivity contribution < 1.29 is 23.7 Å². The van der Waals surface area contributed by atoms with E-state index in [1.165, 1.54) is 10.9 Å². The van der Waals surface area contributed by atoms with E-state index in [1.807, 2.05) is 54.2 Å². The lowest BCUT2D eigenvalue weighted by Crippen LogP contribution is -2.33. The molecule has 1 aliphatic heterocycles. The van der Waals surface area contributed by atoms with Gasteiger partial charge in [0.1, 0.15) is 24.2 Å². The molecular weight excluding hydrogens is 448 g/mol. The first-order valence-electron chi connectivity index (χ1n) is 12.0. The Kier molecular flexibility index (Phi) is 9.94. The number of aryl methyl sites for hydroxylation is 1. The Labute approximate surface area is 206 Å². The lowest BCUT2D eigenvalue weighted by molar-refractivity contribution is -0.187. The van der Waals surface area contributed by atoms with Crippen LogP contribution in [0.4, 0.5) is 0 Å². The van der Waals surface area contributed by atoms with Crippen molar-refractivity contribution in [3.8, 4) is 11.5 Å². The van der Waals surface area contributed by atoms with E-state index < -0.39 is 0 Å². The number of para-hydroxylation sites is 1. The number of hydrogen-bond acceptors (Lipinski definition) is 6. The highest BCUT2D eigenvalue weighted by molar-refractivity contribution is 7.99. The van der Waals surface area contributed by atoms with Gasteiger partial charge in [-0.05, 0) is 60.6 Å². The van der Waals surface area contributed by atoms with Gasteiger partial charge in [0, 0.05) is 24.9 Å². The first-order valence-corrected chi connectivity index (χ1v) is 13.1. The zero-order chi connectivity index (χ0) is 23.4. The molecule has 5 nitrogen and oxygen atoms in total. The van der Waals surface area contributed by atoms with Gasteiger partial charge in [-0.2, -0.15) is 11.8 Å². The zero-order valence-corrected chi connectivity index (χ0v) is 20.6. The predicted molar refractivity (Wildman–Crippen MR) is 138 cm³/mol. The third kappa shape index (κ3) is 7.37. The van der Waals surface area contributed by atoms with Crippen LogP contribution in [0, 0.1) is 0 Å². The van der Waals surface area contributed by atoms with E-state index in [4.69, 9.17) is 23.7 Å². The molecule has 0 radical (unpaired) electrons. The van der Waals surface area contributed by atoms with Crippen molar-refractivity contribution in [2.24, 2.45) is 0 Å². The summed E-state index contributed by atoms with van der Waals surface area (Å²) in [6, 6.07) is 22.5. The van der Waals surface area contributed by atoms with E-state index >= 15 is 0 Å². The van der Waals surface area contributed by atoms with Crippen molar-refractivity contribution in [3.63, 3.8) is 0 Å². The van der Waals surface area contributed by atoms with Crippen molar-refractivity contribution in [2.45, 2.75) is 38.1 Å². The minimum atomic E-state index is -0.123. The maximum Gasteiger partial charge on any atom is 0.188 e. The quantitative estimate of drug-likeness (QED) is 0.217. The van der Waals surface area contributed by atoms with E-state index in [0.717, 1.165) is 60.7 Å². The van der Waals surface area contributed by atoms with Crippen LogP contribution in [0.3, 0.4) is 0 Å². The van der Waals surface area contributed by atoms with E-state index in [1.54, 1.807) is 7.11 Å². The third-order valence-corrected chi connectivity index (χ3v) is 6.89. The van der Waals surface area contributed by atoms with Gasteiger partial charge in [0.05, 0.1) is 0 Å². The van der Waals surface area contributed by atoms with Crippen LogP contribution in [0.1, 0.15) is 24.8 Å². The Bertz CT molecular complexity index is 991. The summed E-state index contributed by atoms with van der Waals surface area (Å²) in [5.74, 6) is 3.58. The van der Waals surface area contributed by atoms with Crippen LogP contribution in [-0.2, 0) is 20.6 Å². The molecule has 3 aromatic carbocycles. The number of benzene rings is 3. The van der Waals surface area contributed by atoms with Gasteiger partial charge in [-0.15, -0.1) is 0 Å². The molecule has 1 saturated heterocycles. The molecule has 1 aliphatic rings. The molecule has 6 heteroatoms. The van der Waals surface area contributed by atoms with E-state index in [0.29, 0.717) is 6.61 Å². The number of methoxy groups -OCH3 is 1. The monoisotopic (exact) mass is 482 g/mol. The second kappa shape index (κ2) is 13.6. The summed E-state index contributed by atoms with van der Waals surface area (Å²) < 4.78 is 28.9. The highest BCUT2D eigenvalue weighted by Crippen LogP contribution is 2.29. The van der Waals surface area contributed by atoms with Crippen LogP contribution in [0.2, 0.25) is 0 Å². The van der Waals surface area contributed by atoms with Crippen molar-refractivity contribution in [2.75, 3.05) is 38.6 Å². The van der Waals surface area contributed by atoms with Gasteiger partial charge in [0.15, 0.2) is 13.1 Å². The van der Waals surface area contributed by atoms with Crippen molar-refractivity contribution in [1.29, 1.82) is 0 Å². The number of hydrogen-bond donors (Lipinski definition) is 0. The first-order chi connectivity index (χ1) is 16.8. The lowest BCUT2D eigenvalue weighted by Gasteiger charge is -2.27. The molecule has 3 aromatic rings. The molecule has 2 unspecified atom stereocenters. The minimum absolute atomic E-state index is 0.0186. The van der Waals surface area contributed by atoms with Gasteiger partial charge in [0.2, 0.25) is 0 Å². The summed E-state index contributed by atoms with van der Waals surface area (Å²) in [6.45, 7) is 1.54. The van der Waals surface area contributed by atoms with Crippen molar-refractivity contribution in [3.05, 3.63) is 72.3 Å². The van der Waals surface area contributed by atoms with Crippen molar-refractivity contribution >= 4 is 22.5 Å². The number of rotatable bonds is 13.